The van der Waals surface area contributed by atoms with Crippen LogP contribution in [0.1, 0.15) is 11.1 Å². The van der Waals surface area contributed by atoms with Crippen molar-refractivity contribution in [1.82, 2.24) is 0 Å². The maximum absolute atomic E-state index is 6.16. The lowest BCUT2D eigenvalue weighted by atomic mass is 10.2. The van der Waals surface area contributed by atoms with Crippen molar-refractivity contribution in [2.45, 2.75) is 13.5 Å². The summed E-state index contributed by atoms with van der Waals surface area (Å²) in [5, 5.41) is 5.58. The fraction of sp³-hybridized carbons (Fsp3) is 0.143. The molecule has 0 saturated carbocycles. The molecule has 0 spiro atoms. The minimum atomic E-state index is 0.526. The number of rotatable bonds is 3. The van der Waals surface area contributed by atoms with E-state index in [1.54, 1.807) is 12.1 Å². The van der Waals surface area contributed by atoms with Crippen LogP contribution < -0.4 is 5.32 Å². The molecule has 5 heteroatoms. The van der Waals surface area contributed by atoms with Gasteiger partial charge in [0.2, 0.25) is 0 Å². The Labute approximate surface area is 132 Å². The molecule has 0 bridgehead atoms. The molecule has 0 aromatic heterocycles. The summed E-state index contributed by atoms with van der Waals surface area (Å²) in [4.78, 5) is 0. The Kier molecular flexibility index (Phi) is 4.86. The molecule has 0 heterocycles. The van der Waals surface area contributed by atoms with E-state index in [9.17, 15) is 0 Å². The molecule has 0 aliphatic rings. The van der Waals surface area contributed by atoms with Gasteiger partial charge in [-0.3, -0.25) is 0 Å². The summed E-state index contributed by atoms with van der Waals surface area (Å²) in [5.41, 5.74) is 2.62. The third-order valence-electron chi connectivity index (χ3n) is 2.75. The van der Waals surface area contributed by atoms with Crippen LogP contribution in [-0.2, 0) is 6.54 Å². The van der Waals surface area contributed by atoms with Crippen LogP contribution in [0.25, 0.3) is 0 Å². The maximum atomic E-state index is 6.16. The van der Waals surface area contributed by atoms with Gasteiger partial charge in [0.05, 0.1) is 20.8 Å². The summed E-state index contributed by atoms with van der Waals surface area (Å²) in [6.45, 7) is 2.43. The first-order valence-corrected chi connectivity index (χ1v) is 7.12. The Bertz CT molecular complexity index is 611. The van der Waals surface area contributed by atoms with Gasteiger partial charge in [-0.05, 0) is 36.2 Å². The minimum Gasteiger partial charge on any atom is -0.380 e. The van der Waals surface area contributed by atoms with E-state index in [0.717, 1.165) is 16.8 Å². The Balaban J connectivity index is 2.19. The van der Waals surface area contributed by atoms with Gasteiger partial charge < -0.3 is 5.32 Å². The first-order valence-electron chi connectivity index (χ1n) is 5.61. The number of hydrogen-bond acceptors (Lipinski definition) is 1. The summed E-state index contributed by atoms with van der Waals surface area (Å²) < 4.78 is 0. The van der Waals surface area contributed by atoms with Crippen LogP contribution in [0.5, 0.6) is 0 Å². The van der Waals surface area contributed by atoms with Crippen LogP contribution in [0.2, 0.25) is 20.1 Å². The topological polar surface area (TPSA) is 12.0 Å². The van der Waals surface area contributed by atoms with E-state index in [-0.39, 0.29) is 0 Å². The van der Waals surface area contributed by atoms with Gasteiger partial charge in [-0.1, -0.05) is 58.5 Å². The largest absolute Gasteiger partial charge is 0.380 e. The molecule has 0 atom stereocenters. The van der Waals surface area contributed by atoms with Gasteiger partial charge in [0.1, 0.15) is 0 Å². The van der Waals surface area contributed by atoms with E-state index in [1.807, 2.05) is 25.1 Å². The number of nitrogens with one attached hydrogen (secondary N) is 1. The Hall–Kier alpha value is -0.600. The minimum absolute atomic E-state index is 0.526. The summed E-state index contributed by atoms with van der Waals surface area (Å²) in [5.74, 6) is 0. The lowest BCUT2D eigenvalue weighted by molar-refractivity contribution is 1.15. The van der Waals surface area contributed by atoms with Crippen molar-refractivity contribution in [3.63, 3.8) is 0 Å². The van der Waals surface area contributed by atoms with E-state index >= 15 is 0 Å². The van der Waals surface area contributed by atoms with Gasteiger partial charge in [-0.25, -0.2) is 0 Å². The third kappa shape index (κ3) is 3.49. The van der Waals surface area contributed by atoms with Crippen LogP contribution in [0.4, 0.5) is 5.69 Å². The lowest BCUT2D eigenvalue weighted by Crippen LogP contribution is -2.01. The Morgan fingerprint density at radius 1 is 0.947 bits per heavy atom. The highest BCUT2D eigenvalue weighted by Crippen LogP contribution is 2.30. The highest BCUT2D eigenvalue weighted by molar-refractivity contribution is 6.42. The van der Waals surface area contributed by atoms with Crippen LogP contribution in [-0.4, -0.2) is 0 Å². The summed E-state index contributed by atoms with van der Waals surface area (Å²) in [6.07, 6.45) is 0. The second kappa shape index (κ2) is 6.23. The first-order chi connectivity index (χ1) is 8.99. The SMILES string of the molecule is Cc1cc(Cl)c(NCc2cccc(Cl)c2Cl)cc1Cl. The van der Waals surface area contributed by atoms with Crippen molar-refractivity contribution < 1.29 is 0 Å². The molecule has 0 fully saturated rings. The number of anilines is 1. The number of aryl methyl sites for hydroxylation is 1. The van der Waals surface area contributed by atoms with Crippen molar-refractivity contribution in [3.05, 3.63) is 61.5 Å². The molecular formula is C14H11Cl4N. The Morgan fingerprint density at radius 3 is 2.42 bits per heavy atom. The Morgan fingerprint density at radius 2 is 1.68 bits per heavy atom. The van der Waals surface area contributed by atoms with Gasteiger partial charge in [-0.15, -0.1) is 0 Å². The molecular weight excluding hydrogens is 324 g/mol. The van der Waals surface area contributed by atoms with Gasteiger partial charge in [-0.2, -0.15) is 0 Å². The standard InChI is InChI=1S/C14H11Cl4N/c1-8-5-12(17)13(6-11(8)16)19-7-9-3-2-4-10(15)14(9)18/h2-6,19H,7H2,1H3. The van der Waals surface area contributed by atoms with Crippen LogP contribution in [0.3, 0.4) is 0 Å². The fourth-order valence-corrected chi connectivity index (χ4v) is 2.49. The molecule has 0 aliphatic heterocycles. The fourth-order valence-electron chi connectivity index (χ4n) is 1.66. The molecule has 2 aromatic carbocycles. The molecule has 0 unspecified atom stereocenters. The van der Waals surface area contributed by atoms with E-state index in [1.165, 1.54) is 0 Å². The van der Waals surface area contributed by atoms with Crippen LogP contribution >= 0.6 is 46.4 Å². The summed E-state index contributed by atoms with van der Waals surface area (Å²) >= 11 is 24.3. The zero-order valence-electron chi connectivity index (χ0n) is 10.1. The van der Waals surface area contributed by atoms with Crippen molar-refractivity contribution in [3.8, 4) is 0 Å². The maximum Gasteiger partial charge on any atom is 0.0642 e. The number of benzene rings is 2. The third-order valence-corrected chi connectivity index (χ3v) is 4.33. The van der Waals surface area contributed by atoms with Crippen molar-refractivity contribution in [2.75, 3.05) is 5.32 Å². The zero-order chi connectivity index (χ0) is 14.0. The molecule has 2 rings (SSSR count). The van der Waals surface area contributed by atoms with Gasteiger partial charge >= 0.3 is 0 Å². The molecule has 0 aliphatic carbocycles. The molecule has 0 radical (unpaired) electrons. The lowest BCUT2D eigenvalue weighted by Gasteiger charge is -2.12. The molecule has 0 saturated heterocycles. The zero-order valence-corrected chi connectivity index (χ0v) is 13.1. The predicted octanol–water partition coefficient (Wildman–Crippen LogP) is 6.22. The van der Waals surface area contributed by atoms with E-state index < -0.39 is 0 Å². The second-order valence-corrected chi connectivity index (χ2v) is 5.75. The summed E-state index contributed by atoms with van der Waals surface area (Å²) in [6, 6.07) is 9.15. The molecule has 1 N–H and O–H groups in total. The first kappa shape index (κ1) is 14.8. The summed E-state index contributed by atoms with van der Waals surface area (Å²) in [7, 11) is 0. The molecule has 1 nitrogen and oxygen atoms in total. The van der Waals surface area contributed by atoms with E-state index in [2.05, 4.69) is 5.32 Å². The number of halogens is 4. The molecule has 19 heavy (non-hydrogen) atoms. The molecule has 2 aromatic rings. The number of hydrogen-bond donors (Lipinski definition) is 1. The monoisotopic (exact) mass is 333 g/mol. The van der Waals surface area contributed by atoms with Crippen LogP contribution in [0.15, 0.2) is 30.3 Å². The molecule has 0 amide bonds. The van der Waals surface area contributed by atoms with Gasteiger partial charge in [0.25, 0.3) is 0 Å². The van der Waals surface area contributed by atoms with Gasteiger partial charge in [0, 0.05) is 11.6 Å². The van der Waals surface area contributed by atoms with E-state index in [4.69, 9.17) is 46.4 Å². The van der Waals surface area contributed by atoms with Crippen molar-refractivity contribution >= 4 is 52.1 Å². The van der Waals surface area contributed by atoms with Crippen molar-refractivity contribution in [1.29, 1.82) is 0 Å². The second-order valence-electron chi connectivity index (χ2n) is 4.15. The average molecular weight is 335 g/mol. The quantitative estimate of drug-likeness (QED) is 0.702. The average Bonchev–Trinajstić information content (AvgIpc) is 2.37. The highest BCUT2D eigenvalue weighted by atomic mass is 35.5. The predicted molar refractivity (Wildman–Crippen MR) is 85.0 cm³/mol. The van der Waals surface area contributed by atoms with Crippen LogP contribution in [0, 0.1) is 6.92 Å². The highest BCUT2D eigenvalue weighted by Gasteiger charge is 2.07. The van der Waals surface area contributed by atoms with Crippen molar-refractivity contribution in [2.24, 2.45) is 0 Å². The van der Waals surface area contributed by atoms with E-state index in [0.29, 0.717) is 26.6 Å². The normalized spacial score (nSPS) is 10.6. The molecule has 100 valence electrons. The van der Waals surface area contributed by atoms with Gasteiger partial charge in [0.15, 0.2) is 0 Å². The smallest absolute Gasteiger partial charge is 0.0642 e.